The number of fused-ring (bicyclic) bond motifs is 1. The van der Waals surface area contributed by atoms with E-state index >= 15 is 0 Å². The van der Waals surface area contributed by atoms with Gasteiger partial charge in [0.2, 0.25) is 0 Å². The second-order valence-corrected chi connectivity index (χ2v) is 2.78. The highest BCUT2D eigenvalue weighted by molar-refractivity contribution is 5.98. The standard InChI is InChI=1S/C9H9NO/c1-6-7-4-2-3-5-8(7)9(11)10-6/h2-6H,1H3,(H,10,11). The smallest absolute Gasteiger partial charge is 0.252 e. The molecule has 0 aromatic heterocycles. The highest BCUT2D eigenvalue weighted by Crippen LogP contribution is 2.23. The molecule has 0 bridgehead atoms. The van der Waals surface area contributed by atoms with Gasteiger partial charge in [-0.15, -0.1) is 0 Å². The van der Waals surface area contributed by atoms with Crippen LogP contribution in [-0.4, -0.2) is 5.91 Å². The summed E-state index contributed by atoms with van der Waals surface area (Å²) < 4.78 is 0. The number of amides is 1. The molecule has 2 heteroatoms. The van der Waals surface area contributed by atoms with Gasteiger partial charge >= 0.3 is 0 Å². The van der Waals surface area contributed by atoms with E-state index < -0.39 is 0 Å². The zero-order valence-electron chi connectivity index (χ0n) is 6.29. The van der Waals surface area contributed by atoms with E-state index in [9.17, 15) is 4.79 Å². The number of hydrogen-bond acceptors (Lipinski definition) is 1. The zero-order valence-corrected chi connectivity index (χ0v) is 6.29. The lowest BCUT2D eigenvalue weighted by Gasteiger charge is -2.00. The Morgan fingerprint density at radius 3 is 2.82 bits per heavy atom. The van der Waals surface area contributed by atoms with Crippen molar-refractivity contribution in [2.24, 2.45) is 0 Å². The van der Waals surface area contributed by atoms with Gasteiger partial charge in [-0.2, -0.15) is 0 Å². The van der Waals surface area contributed by atoms with Crippen LogP contribution < -0.4 is 5.32 Å². The Labute approximate surface area is 65.2 Å². The summed E-state index contributed by atoms with van der Waals surface area (Å²) in [4.78, 5) is 11.2. The lowest BCUT2D eigenvalue weighted by molar-refractivity contribution is 0.0958. The van der Waals surface area contributed by atoms with Crippen LogP contribution in [0.15, 0.2) is 24.3 Å². The van der Waals surface area contributed by atoms with Crippen LogP contribution in [-0.2, 0) is 0 Å². The highest BCUT2D eigenvalue weighted by atomic mass is 16.2. The largest absolute Gasteiger partial charge is 0.345 e. The van der Waals surface area contributed by atoms with Gasteiger partial charge in [-0.1, -0.05) is 18.2 Å². The van der Waals surface area contributed by atoms with E-state index in [4.69, 9.17) is 0 Å². The van der Waals surface area contributed by atoms with Gasteiger partial charge in [0.25, 0.3) is 5.91 Å². The normalized spacial score (nSPS) is 21.2. The molecule has 1 aliphatic rings. The van der Waals surface area contributed by atoms with Crippen molar-refractivity contribution in [3.63, 3.8) is 0 Å². The van der Waals surface area contributed by atoms with Crippen LogP contribution in [0.5, 0.6) is 0 Å². The summed E-state index contributed by atoms with van der Waals surface area (Å²) in [6.45, 7) is 1.99. The molecule has 0 aliphatic carbocycles. The Morgan fingerprint density at radius 1 is 1.36 bits per heavy atom. The molecule has 1 heterocycles. The molecule has 1 unspecified atom stereocenters. The number of nitrogens with one attached hydrogen (secondary N) is 1. The molecule has 0 saturated carbocycles. The van der Waals surface area contributed by atoms with Crippen molar-refractivity contribution in [3.8, 4) is 0 Å². The number of carbonyl (C=O) groups is 1. The first kappa shape index (κ1) is 6.40. The Bertz CT molecular complexity index is 306. The molecule has 1 aliphatic heterocycles. The number of rotatable bonds is 0. The van der Waals surface area contributed by atoms with Crippen LogP contribution in [0.25, 0.3) is 0 Å². The second kappa shape index (κ2) is 2.09. The molecule has 2 nitrogen and oxygen atoms in total. The summed E-state index contributed by atoms with van der Waals surface area (Å²) >= 11 is 0. The van der Waals surface area contributed by atoms with Gasteiger partial charge in [0.05, 0.1) is 6.04 Å². The zero-order chi connectivity index (χ0) is 7.84. The highest BCUT2D eigenvalue weighted by Gasteiger charge is 2.23. The molecule has 0 radical (unpaired) electrons. The average molecular weight is 147 g/mol. The van der Waals surface area contributed by atoms with E-state index in [2.05, 4.69) is 5.32 Å². The Kier molecular flexibility index (Phi) is 1.22. The van der Waals surface area contributed by atoms with Gasteiger partial charge in [0.15, 0.2) is 0 Å². The van der Waals surface area contributed by atoms with Crippen molar-refractivity contribution in [2.45, 2.75) is 13.0 Å². The van der Waals surface area contributed by atoms with Crippen LogP contribution in [0.1, 0.15) is 28.9 Å². The fourth-order valence-electron chi connectivity index (χ4n) is 1.43. The molecule has 0 spiro atoms. The minimum atomic E-state index is 0.0492. The lowest BCUT2D eigenvalue weighted by Crippen LogP contribution is -2.16. The number of hydrogen-bond donors (Lipinski definition) is 1. The van der Waals surface area contributed by atoms with Crippen LogP contribution in [0.4, 0.5) is 0 Å². The Morgan fingerprint density at radius 2 is 2.09 bits per heavy atom. The van der Waals surface area contributed by atoms with E-state index in [-0.39, 0.29) is 11.9 Å². The van der Waals surface area contributed by atoms with Crippen molar-refractivity contribution in [1.29, 1.82) is 0 Å². The minimum Gasteiger partial charge on any atom is -0.345 e. The molecule has 1 N–H and O–H groups in total. The van der Waals surface area contributed by atoms with E-state index in [0.29, 0.717) is 0 Å². The summed E-state index contributed by atoms with van der Waals surface area (Å²) in [5.74, 6) is 0.0492. The fourth-order valence-corrected chi connectivity index (χ4v) is 1.43. The maximum Gasteiger partial charge on any atom is 0.252 e. The first-order valence-corrected chi connectivity index (χ1v) is 3.69. The van der Waals surface area contributed by atoms with Gasteiger partial charge in [-0.05, 0) is 18.6 Å². The van der Waals surface area contributed by atoms with Crippen LogP contribution in [0.2, 0.25) is 0 Å². The maximum absolute atomic E-state index is 11.2. The molecule has 1 aromatic rings. The van der Waals surface area contributed by atoms with Crippen molar-refractivity contribution >= 4 is 5.91 Å². The van der Waals surface area contributed by atoms with E-state index in [1.807, 2.05) is 31.2 Å². The molecule has 1 aromatic carbocycles. The average Bonchev–Trinajstić information content (AvgIpc) is 2.30. The van der Waals surface area contributed by atoms with Gasteiger partial charge in [-0.3, -0.25) is 4.79 Å². The molecule has 1 atom stereocenters. The number of carbonyl (C=O) groups excluding carboxylic acids is 1. The second-order valence-electron chi connectivity index (χ2n) is 2.78. The molecule has 1 amide bonds. The van der Waals surface area contributed by atoms with Crippen LogP contribution >= 0.6 is 0 Å². The third-order valence-electron chi connectivity index (χ3n) is 2.02. The third-order valence-corrected chi connectivity index (χ3v) is 2.02. The summed E-state index contributed by atoms with van der Waals surface area (Å²) in [6, 6.07) is 7.86. The van der Waals surface area contributed by atoms with Crippen LogP contribution in [0.3, 0.4) is 0 Å². The monoisotopic (exact) mass is 147 g/mol. The van der Waals surface area contributed by atoms with Crippen molar-refractivity contribution in [2.75, 3.05) is 0 Å². The molecule has 2 rings (SSSR count). The van der Waals surface area contributed by atoms with Gasteiger partial charge in [0.1, 0.15) is 0 Å². The molecule has 0 saturated heterocycles. The first-order valence-electron chi connectivity index (χ1n) is 3.69. The first-order chi connectivity index (χ1) is 5.29. The SMILES string of the molecule is CC1NC(=O)c2ccccc21. The molecule has 56 valence electrons. The predicted molar refractivity (Wildman–Crippen MR) is 42.3 cm³/mol. The Hall–Kier alpha value is -1.31. The summed E-state index contributed by atoms with van der Waals surface area (Å²) in [6.07, 6.45) is 0. The van der Waals surface area contributed by atoms with Crippen molar-refractivity contribution in [3.05, 3.63) is 35.4 Å². The number of benzene rings is 1. The van der Waals surface area contributed by atoms with Gasteiger partial charge in [-0.25, -0.2) is 0 Å². The quantitative estimate of drug-likeness (QED) is 0.591. The van der Waals surface area contributed by atoms with E-state index in [1.54, 1.807) is 0 Å². The molecule has 11 heavy (non-hydrogen) atoms. The third kappa shape index (κ3) is 0.827. The van der Waals surface area contributed by atoms with Crippen molar-refractivity contribution in [1.82, 2.24) is 5.32 Å². The van der Waals surface area contributed by atoms with Crippen molar-refractivity contribution < 1.29 is 4.79 Å². The minimum absolute atomic E-state index is 0.0492. The van der Waals surface area contributed by atoms with Gasteiger partial charge in [0, 0.05) is 5.56 Å². The molecule has 0 fully saturated rings. The molecular formula is C9H9NO. The predicted octanol–water partition coefficient (Wildman–Crippen LogP) is 1.49. The summed E-state index contributed by atoms with van der Waals surface area (Å²) in [5, 5.41) is 2.84. The fraction of sp³-hybridized carbons (Fsp3) is 0.222. The molecular weight excluding hydrogens is 138 g/mol. The summed E-state index contributed by atoms with van der Waals surface area (Å²) in [5.41, 5.74) is 1.93. The van der Waals surface area contributed by atoms with Gasteiger partial charge < -0.3 is 5.32 Å². The lowest BCUT2D eigenvalue weighted by atomic mass is 10.1. The summed E-state index contributed by atoms with van der Waals surface area (Å²) in [7, 11) is 0. The topological polar surface area (TPSA) is 29.1 Å². The Balaban J connectivity index is 2.60. The maximum atomic E-state index is 11.2. The van der Waals surface area contributed by atoms with E-state index in [1.165, 1.54) is 0 Å². The van der Waals surface area contributed by atoms with Crippen LogP contribution in [0, 0.1) is 0 Å². The van der Waals surface area contributed by atoms with E-state index in [0.717, 1.165) is 11.1 Å².